The van der Waals surface area contributed by atoms with Crippen LogP contribution in [0.15, 0.2) is 53.4 Å². The van der Waals surface area contributed by atoms with Crippen molar-refractivity contribution in [3.8, 4) is 11.8 Å². The Morgan fingerprint density at radius 1 is 1.13 bits per heavy atom. The molecule has 2 aromatic rings. The monoisotopic (exact) mass is 421 g/mol. The molecule has 0 bridgehead atoms. The molecule has 1 unspecified atom stereocenters. The van der Waals surface area contributed by atoms with Gasteiger partial charge < -0.3 is 10.0 Å². The van der Waals surface area contributed by atoms with E-state index in [1.165, 1.54) is 0 Å². The molecule has 30 heavy (non-hydrogen) atoms. The topological polar surface area (TPSA) is 57.6 Å². The first kappa shape index (κ1) is 22.1. The normalized spacial score (nSPS) is 16.5. The van der Waals surface area contributed by atoms with Crippen molar-refractivity contribution in [1.82, 2.24) is 4.90 Å². The minimum absolute atomic E-state index is 0.0624. The maximum absolute atomic E-state index is 13.1. The van der Waals surface area contributed by atoms with Crippen molar-refractivity contribution >= 4 is 23.5 Å². The number of Topliss-reactive ketones (excluding diaryl/α,β-unsaturated/α-hetero) is 1. The molecule has 0 spiro atoms. The Bertz CT molecular complexity index is 980. The number of hydrogen-bond acceptors (Lipinski definition) is 4. The van der Waals surface area contributed by atoms with Crippen molar-refractivity contribution in [1.29, 1.82) is 0 Å². The fourth-order valence-electron chi connectivity index (χ4n) is 3.55. The number of amides is 1. The number of piperidine rings is 1. The van der Waals surface area contributed by atoms with Crippen LogP contribution in [-0.4, -0.2) is 46.6 Å². The quantitative estimate of drug-likeness (QED) is 0.455. The summed E-state index contributed by atoms with van der Waals surface area (Å²) in [6.07, 6.45) is 3.59. The maximum atomic E-state index is 13.1. The summed E-state index contributed by atoms with van der Waals surface area (Å²) in [5, 5.41) is 9.71. The zero-order valence-corrected chi connectivity index (χ0v) is 18.5. The van der Waals surface area contributed by atoms with Gasteiger partial charge in [-0.15, -0.1) is 11.8 Å². The van der Waals surface area contributed by atoms with Crippen LogP contribution in [0.25, 0.3) is 0 Å². The van der Waals surface area contributed by atoms with Crippen LogP contribution in [0.3, 0.4) is 0 Å². The summed E-state index contributed by atoms with van der Waals surface area (Å²) in [6.45, 7) is 4.36. The van der Waals surface area contributed by atoms with Crippen molar-refractivity contribution in [3.63, 3.8) is 0 Å². The zero-order chi connectivity index (χ0) is 21.7. The van der Waals surface area contributed by atoms with Crippen molar-refractivity contribution in [2.75, 3.05) is 19.3 Å². The van der Waals surface area contributed by atoms with Gasteiger partial charge >= 0.3 is 0 Å². The van der Waals surface area contributed by atoms with Crippen LogP contribution in [0.5, 0.6) is 0 Å². The largest absolute Gasteiger partial charge is 0.378 e. The average Bonchev–Trinajstić information content (AvgIpc) is 2.76. The summed E-state index contributed by atoms with van der Waals surface area (Å²) in [6, 6.07) is 14.8. The SMILES string of the molecule is CSc1ccccc1C(=O)C1CCCN(C(=O)c2ccc(C#CC(C)(C)O)cc2)C1. The smallest absolute Gasteiger partial charge is 0.253 e. The highest BCUT2D eigenvalue weighted by Gasteiger charge is 2.30. The molecule has 0 radical (unpaired) electrons. The highest BCUT2D eigenvalue weighted by molar-refractivity contribution is 7.98. The number of carbonyl (C=O) groups is 2. The Hall–Kier alpha value is -2.55. The summed E-state index contributed by atoms with van der Waals surface area (Å²) in [5.74, 6) is 5.56. The van der Waals surface area contributed by atoms with Crippen LogP contribution in [0.4, 0.5) is 0 Å². The lowest BCUT2D eigenvalue weighted by molar-refractivity contribution is 0.0636. The Morgan fingerprint density at radius 3 is 2.50 bits per heavy atom. The van der Waals surface area contributed by atoms with E-state index in [-0.39, 0.29) is 17.6 Å². The molecule has 156 valence electrons. The highest BCUT2D eigenvalue weighted by Crippen LogP contribution is 2.27. The van der Waals surface area contributed by atoms with E-state index < -0.39 is 5.60 Å². The molecule has 2 aromatic carbocycles. The number of ketones is 1. The molecule has 1 amide bonds. The van der Waals surface area contributed by atoms with Gasteiger partial charge in [0.1, 0.15) is 5.60 Å². The molecular weight excluding hydrogens is 394 g/mol. The predicted octanol–water partition coefficient (Wildman–Crippen LogP) is 4.27. The van der Waals surface area contributed by atoms with E-state index >= 15 is 0 Å². The Balaban J connectivity index is 1.71. The van der Waals surface area contributed by atoms with Gasteiger partial charge in [-0.1, -0.05) is 30.0 Å². The number of benzene rings is 2. The van der Waals surface area contributed by atoms with Gasteiger partial charge in [0.15, 0.2) is 5.78 Å². The third kappa shape index (κ3) is 5.53. The molecule has 0 saturated carbocycles. The molecule has 1 aliphatic rings. The van der Waals surface area contributed by atoms with Crippen LogP contribution >= 0.6 is 11.8 Å². The van der Waals surface area contributed by atoms with Crippen LogP contribution < -0.4 is 0 Å². The van der Waals surface area contributed by atoms with Crippen LogP contribution in [-0.2, 0) is 0 Å². The highest BCUT2D eigenvalue weighted by atomic mass is 32.2. The minimum Gasteiger partial charge on any atom is -0.378 e. The second kappa shape index (κ2) is 9.51. The second-order valence-electron chi connectivity index (χ2n) is 8.04. The molecule has 3 rings (SSSR count). The predicted molar refractivity (Wildman–Crippen MR) is 121 cm³/mol. The van der Waals surface area contributed by atoms with E-state index in [1.807, 2.05) is 30.5 Å². The van der Waals surface area contributed by atoms with E-state index in [4.69, 9.17) is 0 Å². The first-order valence-electron chi connectivity index (χ1n) is 10.1. The molecule has 1 heterocycles. The number of thioether (sulfide) groups is 1. The molecule has 0 aromatic heterocycles. The lowest BCUT2D eigenvalue weighted by Gasteiger charge is -2.32. The fraction of sp³-hybridized carbons (Fsp3) is 0.360. The number of nitrogens with zero attached hydrogens (tertiary/aromatic N) is 1. The lowest BCUT2D eigenvalue weighted by atomic mass is 9.89. The van der Waals surface area contributed by atoms with E-state index in [1.54, 1.807) is 54.8 Å². The molecule has 1 saturated heterocycles. The van der Waals surface area contributed by atoms with E-state index in [9.17, 15) is 14.7 Å². The maximum Gasteiger partial charge on any atom is 0.253 e. The first-order chi connectivity index (χ1) is 14.3. The Kier molecular flexibility index (Phi) is 7.02. The lowest BCUT2D eigenvalue weighted by Crippen LogP contribution is -2.42. The van der Waals surface area contributed by atoms with E-state index in [0.29, 0.717) is 18.7 Å². The third-order valence-electron chi connectivity index (χ3n) is 5.10. The summed E-state index contributed by atoms with van der Waals surface area (Å²) in [5.41, 5.74) is 1.02. The number of carbonyl (C=O) groups excluding carboxylic acids is 2. The molecule has 4 nitrogen and oxygen atoms in total. The summed E-state index contributed by atoms with van der Waals surface area (Å²) < 4.78 is 0. The van der Waals surface area contributed by atoms with Crippen LogP contribution in [0.2, 0.25) is 0 Å². The standard InChI is InChI=1S/C25H27NO3S/c1-25(2,29)15-14-18-10-12-19(13-11-18)24(28)26-16-6-7-20(17-26)23(27)21-8-4-5-9-22(21)30-3/h4-5,8-13,20,29H,6-7,16-17H2,1-3H3. The first-order valence-corrected chi connectivity index (χ1v) is 11.3. The van der Waals surface area contributed by atoms with Crippen molar-refractivity contribution in [2.45, 2.75) is 37.2 Å². The van der Waals surface area contributed by atoms with Crippen molar-refractivity contribution in [2.24, 2.45) is 5.92 Å². The zero-order valence-electron chi connectivity index (χ0n) is 17.6. The molecule has 5 heteroatoms. The van der Waals surface area contributed by atoms with Gasteiger partial charge in [0.05, 0.1) is 0 Å². The van der Waals surface area contributed by atoms with E-state index in [0.717, 1.165) is 28.9 Å². The molecule has 1 fully saturated rings. The molecular formula is C25H27NO3S. The molecule has 1 aliphatic heterocycles. The van der Waals surface area contributed by atoms with Crippen molar-refractivity contribution in [3.05, 3.63) is 65.2 Å². The second-order valence-corrected chi connectivity index (χ2v) is 8.89. The third-order valence-corrected chi connectivity index (χ3v) is 5.89. The molecule has 0 aliphatic carbocycles. The van der Waals surface area contributed by atoms with Gasteiger partial charge in [0.2, 0.25) is 0 Å². The van der Waals surface area contributed by atoms with Gasteiger partial charge in [0.25, 0.3) is 5.91 Å². The van der Waals surface area contributed by atoms with Crippen LogP contribution in [0.1, 0.15) is 53.0 Å². The Morgan fingerprint density at radius 2 is 1.83 bits per heavy atom. The summed E-state index contributed by atoms with van der Waals surface area (Å²) >= 11 is 1.57. The average molecular weight is 422 g/mol. The number of rotatable bonds is 4. The van der Waals surface area contributed by atoms with Gasteiger partial charge in [0, 0.05) is 40.6 Å². The Labute approximate surface area is 182 Å². The molecule has 1 atom stereocenters. The van der Waals surface area contributed by atoms with Gasteiger partial charge in [-0.3, -0.25) is 9.59 Å². The van der Waals surface area contributed by atoms with Gasteiger partial charge in [-0.25, -0.2) is 0 Å². The summed E-state index contributed by atoms with van der Waals surface area (Å²) in [7, 11) is 0. The number of aliphatic hydroxyl groups is 1. The minimum atomic E-state index is -1.06. The molecule has 1 N–H and O–H groups in total. The van der Waals surface area contributed by atoms with Crippen molar-refractivity contribution < 1.29 is 14.7 Å². The van der Waals surface area contributed by atoms with Gasteiger partial charge in [-0.05, 0) is 63.3 Å². The number of likely N-dealkylation sites (tertiary alicyclic amines) is 1. The fourth-order valence-corrected chi connectivity index (χ4v) is 4.15. The van der Waals surface area contributed by atoms with E-state index in [2.05, 4.69) is 11.8 Å². The summed E-state index contributed by atoms with van der Waals surface area (Å²) in [4.78, 5) is 28.8. The van der Waals surface area contributed by atoms with Gasteiger partial charge in [-0.2, -0.15) is 0 Å². The number of hydrogen-bond donors (Lipinski definition) is 1. The van der Waals surface area contributed by atoms with Crippen LogP contribution in [0, 0.1) is 17.8 Å².